The van der Waals surface area contributed by atoms with Crippen LogP contribution in [-0.2, 0) is 17.6 Å². The van der Waals surface area contributed by atoms with E-state index >= 15 is 0 Å². The number of ether oxygens (including phenoxy) is 1. The lowest BCUT2D eigenvalue weighted by Gasteiger charge is -2.15. The minimum Gasteiger partial charge on any atom is -0.451 e. The maximum atomic E-state index is 12.6. The highest BCUT2D eigenvalue weighted by Crippen LogP contribution is 2.31. The van der Waals surface area contributed by atoms with Gasteiger partial charge in [0.05, 0.1) is 16.5 Å². The molecule has 6 heteroatoms. The zero-order chi connectivity index (χ0) is 17.4. The van der Waals surface area contributed by atoms with Gasteiger partial charge in [-0.3, -0.25) is 4.79 Å². The number of H-pyrrole nitrogens is 1. The monoisotopic (exact) mass is 354 g/mol. The van der Waals surface area contributed by atoms with Gasteiger partial charge in [-0.25, -0.2) is 9.78 Å². The lowest BCUT2D eigenvalue weighted by atomic mass is 9.96. The van der Waals surface area contributed by atoms with Gasteiger partial charge in [0, 0.05) is 10.3 Å². The summed E-state index contributed by atoms with van der Waals surface area (Å²) in [5.41, 5.74) is 2.16. The number of para-hydroxylation sites is 1. The van der Waals surface area contributed by atoms with Crippen molar-refractivity contribution in [3.8, 4) is 0 Å². The number of aryl methyl sites for hydroxylation is 1. The number of hydrogen-bond acceptors (Lipinski definition) is 5. The number of rotatable bonds is 3. The fourth-order valence-electron chi connectivity index (χ4n) is 3.24. The lowest BCUT2D eigenvalue weighted by Crippen LogP contribution is -2.18. The molecule has 3 aromatic rings. The second-order valence-corrected chi connectivity index (χ2v) is 7.24. The van der Waals surface area contributed by atoms with Gasteiger partial charge in [-0.1, -0.05) is 12.1 Å². The van der Waals surface area contributed by atoms with Gasteiger partial charge in [0.2, 0.25) is 0 Å². The summed E-state index contributed by atoms with van der Waals surface area (Å²) in [6, 6.07) is 7.12. The molecule has 1 atom stereocenters. The van der Waals surface area contributed by atoms with E-state index in [0.717, 1.165) is 24.8 Å². The van der Waals surface area contributed by atoms with Crippen molar-refractivity contribution in [1.82, 2.24) is 9.97 Å². The number of benzene rings is 1. The van der Waals surface area contributed by atoms with Crippen molar-refractivity contribution in [1.29, 1.82) is 0 Å². The van der Waals surface area contributed by atoms with Gasteiger partial charge in [-0.2, -0.15) is 0 Å². The Hall–Kier alpha value is -2.47. The first-order chi connectivity index (χ1) is 12.1. The Morgan fingerprint density at radius 2 is 2.08 bits per heavy atom. The fraction of sp³-hybridized carbons (Fsp3) is 0.316. The molecular formula is C19H18N2O3S. The van der Waals surface area contributed by atoms with E-state index in [-0.39, 0.29) is 11.5 Å². The Labute approximate surface area is 148 Å². The molecule has 1 aliphatic rings. The van der Waals surface area contributed by atoms with Crippen molar-refractivity contribution >= 4 is 28.2 Å². The second-order valence-electron chi connectivity index (χ2n) is 6.27. The molecule has 2 aromatic heterocycles. The number of aromatic amines is 1. The summed E-state index contributed by atoms with van der Waals surface area (Å²) in [6.07, 6.45) is 3.65. The number of carbonyl (C=O) groups is 1. The van der Waals surface area contributed by atoms with Crippen LogP contribution < -0.4 is 5.56 Å². The predicted molar refractivity (Wildman–Crippen MR) is 97.2 cm³/mol. The normalized spacial score (nSPS) is 14.9. The molecule has 1 aromatic carbocycles. The van der Waals surface area contributed by atoms with Crippen molar-refractivity contribution in [3.63, 3.8) is 0 Å². The van der Waals surface area contributed by atoms with Crippen molar-refractivity contribution in [2.24, 2.45) is 0 Å². The van der Waals surface area contributed by atoms with Crippen LogP contribution in [0.4, 0.5) is 0 Å². The van der Waals surface area contributed by atoms with E-state index in [4.69, 9.17) is 4.74 Å². The van der Waals surface area contributed by atoms with Crippen LogP contribution in [0.1, 0.15) is 52.5 Å². The number of hydrogen-bond donors (Lipinski definition) is 1. The first-order valence-electron chi connectivity index (χ1n) is 8.42. The molecule has 5 nitrogen and oxygen atoms in total. The number of aromatic nitrogens is 2. The Kier molecular flexibility index (Phi) is 4.13. The van der Waals surface area contributed by atoms with Crippen LogP contribution in [0, 0.1) is 0 Å². The van der Waals surface area contributed by atoms with E-state index < -0.39 is 6.10 Å². The average molecular weight is 354 g/mol. The number of nitrogens with zero attached hydrogens (tertiary/aromatic N) is 1. The minimum absolute atomic E-state index is 0.226. The van der Waals surface area contributed by atoms with Crippen LogP contribution in [0.5, 0.6) is 0 Å². The number of fused-ring (bicyclic) bond motifs is 2. The van der Waals surface area contributed by atoms with Gasteiger partial charge < -0.3 is 9.72 Å². The molecule has 1 N–H and O–H groups in total. The smallest absolute Gasteiger partial charge is 0.339 e. The Balaban J connectivity index is 1.59. The largest absolute Gasteiger partial charge is 0.451 e. The highest BCUT2D eigenvalue weighted by atomic mass is 32.1. The van der Waals surface area contributed by atoms with E-state index in [1.807, 2.05) is 11.4 Å². The predicted octanol–water partition coefficient (Wildman–Crippen LogP) is 3.78. The van der Waals surface area contributed by atoms with E-state index in [2.05, 4.69) is 9.97 Å². The molecule has 0 aliphatic heterocycles. The maximum absolute atomic E-state index is 12.6. The highest BCUT2D eigenvalue weighted by molar-refractivity contribution is 7.10. The Bertz CT molecular complexity index is 1010. The van der Waals surface area contributed by atoms with E-state index in [1.165, 1.54) is 11.3 Å². The van der Waals surface area contributed by atoms with E-state index in [0.29, 0.717) is 22.3 Å². The number of nitrogens with one attached hydrogen (secondary N) is 1. The second kappa shape index (κ2) is 6.44. The number of carbonyl (C=O) groups excluding carboxylic acids is 1. The fourth-order valence-corrected chi connectivity index (χ4v) is 4.36. The molecule has 25 heavy (non-hydrogen) atoms. The molecule has 0 fully saturated rings. The zero-order valence-electron chi connectivity index (χ0n) is 13.9. The van der Waals surface area contributed by atoms with E-state index in [9.17, 15) is 9.59 Å². The molecular weight excluding hydrogens is 336 g/mol. The van der Waals surface area contributed by atoms with E-state index in [1.54, 1.807) is 36.5 Å². The maximum Gasteiger partial charge on any atom is 0.339 e. The van der Waals surface area contributed by atoms with Crippen molar-refractivity contribution in [2.45, 2.75) is 38.7 Å². The quantitative estimate of drug-likeness (QED) is 0.727. The third-order valence-electron chi connectivity index (χ3n) is 4.58. The standard InChI is InChI=1S/C19H18N2O3S/c1-11(17-20-15-8-4-2-7-13(15)18(22)21-17)24-19(23)14-10-25-16-9-5-3-6-12(14)16/h2,4,7-8,10-11H,3,5-6,9H2,1H3,(H,20,21,22). The van der Waals surface area contributed by atoms with Gasteiger partial charge in [0.1, 0.15) is 0 Å². The van der Waals surface area contributed by atoms with Crippen LogP contribution in [0.2, 0.25) is 0 Å². The molecule has 128 valence electrons. The summed E-state index contributed by atoms with van der Waals surface area (Å²) < 4.78 is 5.59. The number of esters is 1. The van der Waals surface area contributed by atoms with Crippen LogP contribution in [-0.4, -0.2) is 15.9 Å². The molecule has 0 amide bonds. The lowest BCUT2D eigenvalue weighted by molar-refractivity contribution is 0.0319. The summed E-state index contributed by atoms with van der Waals surface area (Å²) in [4.78, 5) is 33.2. The summed E-state index contributed by atoms with van der Waals surface area (Å²) in [5, 5.41) is 2.42. The molecule has 1 unspecified atom stereocenters. The van der Waals surface area contributed by atoms with Crippen molar-refractivity contribution in [2.75, 3.05) is 0 Å². The topological polar surface area (TPSA) is 72.0 Å². The van der Waals surface area contributed by atoms with Gasteiger partial charge in [0.15, 0.2) is 11.9 Å². The Morgan fingerprint density at radius 1 is 1.28 bits per heavy atom. The average Bonchev–Trinajstić information content (AvgIpc) is 3.06. The van der Waals surface area contributed by atoms with Crippen LogP contribution in [0.3, 0.4) is 0 Å². The third kappa shape index (κ3) is 2.98. The summed E-state index contributed by atoms with van der Waals surface area (Å²) in [5.74, 6) is 0.0175. The summed E-state index contributed by atoms with van der Waals surface area (Å²) in [7, 11) is 0. The molecule has 2 heterocycles. The zero-order valence-corrected chi connectivity index (χ0v) is 14.7. The van der Waals surface area contributed by atoms with Gasteiger partial charge in [-0.15, -0.1) is 11.3 Å². The first kappa shape index (κ1) is 16.0. The summed E-state index contributed by atoms with van der Waals surface area (Å²) >= 11 is 1.63. The molecule has 1 aliphatic carbocycles. The third-order valence-corrected chi connectivity index (χ3v) is 5.67. The van der Waals surface area contributed by atoms with Crippen molar-refractivity contribution in [3.05, 3.63) is 61.8 Å². The Morgan fingerprint density at radius 3 is 2.96 bits per heavy atom. The number of thiophene rings is 1. The molecule has 0 spiro atoms. The SMILES string of the molecule is CC(OC(=O)c1csc2c1CCCC2)c1nc2ccccc2c(=O)[nH]1. The first-order valence-corrected chi connectivity index (χ1v) is 9.30. The minimum atomic E-state index is -0.621. The van der Waals surface area contributed by atoms with Gasteiger partial charge >= 0.3 is 5.97 Å². The van der Waals surface area contributed by atoms with Crippen molar-refractivity contribution < 1.29 is 9.53 Å². The van der Waals surface area contributed by atoms with Crippen LogP contribution in [0.15, 0.2) is 34.4 Å². The highest BCUT2D eigenvalue weighted by Gasteiger charge is 2.23. The van der Waals surface area contributed by atoms with Crippen LogP contribution >= 0.6 is 11.3 Å². The molecule has 4 rings (SSSR count). The summed E-state index contributed by atoms with van der Waals surface area (Å²) in [6.45, 7) is 1.73. The molecule has 0 saturated carbocycles. The van der Waals surface area contributed by atoms with Gasteiger partial charge in [0.25, 0.3) is 5.56 Å². The van der Waals surface area contributed by atoms with Crippen LogP contribution in [0.25, 0.3) is 10.9 Å². The molecule has 0 radical (unpaired) electrons. The molecule has 0 saturated heterocycles. The van der Waals surface area contributed by atoms with Gasteiger partial charge in [-0.05, 0) is 50.3 Å². The molecule has 0 bridgehead atoms.